The van der Waals surface area contributed by atoms with Crippen LogP contribution in [0, 0.1) is 0 Å². The van der Waals surface area contributed by atoms with Crippen molar-refractivity contribution in [3.63, 3.8) is 0 Å². The predicted molar refractivity (Wildman–Crippen MR) is 155 cm³/mol. The number of nitrogens with zero attached hydrogens (tertiary/aromatic N) is 1. The third kappa shape index (κ3) is 5.99. The van der Waals surface area contributed by atoms with Crippen molar-refractivity contribution in [1.29, 1.82) is 0 Å². The van der Waals surface area contributed by atoms with Gasteiger partial charge in [-0.3, -0.25) is 9.36 Å². The van der Waals surface area contributed by atoms with Crippen molar-refractivity contribution in [2.45, 2.75) is 33.0 Å². The van der Waals surface area contributed by atoms with Gasteiger partial charge in [0.15, 0.2) is 0 Å². The predicted octanol–water partition coefficient (Wildman–Crippen LogP) is 7.70. The van der Waals surface area contributed by atoms with Crippen LogP contribution in [0.25, 0.3) is 10.9 Å². The Kier molecular flexibility index (Phi) is 7.82. The Morgan fingerprint density at radius 1 is 0.800 bits per heavy atom. The number of carbonyl (C=O) groups is 2. The van der Waals surface area contributed by atoms with E-state index in [9.17, 15) is 14.7 Å². The molecule has 40 heavy (non-hydrogen) atoms. The minimum absolute atomic E-state index is 0.0904. The van der Waals surface area contributed by atoms with E-state index in [2.05, 4.69) is 19.2 Å². The number of anilines is 1. The van der Waals surface area contributed by atoms with Gasteiger partial charge in [0.2, 0.25) is 0 Å². The largest absolute Gasteiger partial charge is 0.488 e. The Bertz CT molecular complexity index is 1640. The highest BCUT2D eigenvalue weighted by atomic mass is 16.5. The fourth-order valence-corrected chi connectivity index (χ4v) is 4.51. The molecular weight excluding hydrogens is 504 g/mol. The first-order valence-corrected chi connectivity index (χ1v) is 13.1. The summed E-state index contributed by atoms with van der Waals surface area (Å²) in [5, 5.41) is 13.0. The summed E-state index contributed by atoms with van der Waals surface area (Å²) in [6, 6.07) is 30.1. The van der Waals surface area contributed by atoms with Crippen LogP contribution in [0.2, 0.25) is 0 Å². The summed E-state index contributed by atoms with van der Waals surface area (Å²) in [6.07, 6.45) is 0.416. The van der Waals surface area contributed by atoms with Gasteiger partial charge in [-0.25, -0.2) is 4.79 Å². The SMILES string of the molecule is CC(C)c1cc(C(=O)Nc2ccc3c(ccn3C(=O)O)c2)c(OCc2ccccc2)cc1OCc1ccccc1. The highest BCUT2D eigenvalue weighted by Gasteiger charge is 2.20. The minimum atomic E-state index is -1.07. The van der Waals surface area contributed by atoms with Gasteiger partial charge in [0, 0.05) is 23.3 Å². The van der Waals surface area contributed by atoms with Crippen molar-refractivity contribution in [2.24, 2.45) is 0 Å². The zero-order valence-corrected chi connectivity index (χ0v) is 22.3. The Morgan fingerprint density at radius 3 is 2.02 bits per heavy atom. The molecule has 7 heteroatoms. The number of hydrogen-bond donors (Lipinski definition) is 2. The van der Waals surface area contributed by atoms with Crippen LogP contribution in [0.4, 0.5) is 10.5 Å². The van der Waals surface area contributed by atoms with E-state index in [-0.39, 0.29) is 18.4 Å². The molecule has 5 aromatic rings. The van der Waals surface area contributed by atoms with E-state index in [4.69, 9.17) is 9.47 Å². The molecule has 202 valence electrons. The molecule has 4 aromatic carbocycles. The molecule has 0 aliphatic rings. The first-order chi connectivity index (χ1) is 19.4. The molecule has 0 aliphatic carbocycles. The molecule has 7 nitrogen and oxygen atoms in total. The van der Waals surface area contributed by atoms with E-state index in [1.807, 2.05) is 66.7 Å². The maximum atomic E-state index is 13.6. The van der Waals surface area contributed by atoms with Crippen LogP contribution in [-0.4, -0.2) is 21.7 Å². The van der Waals surface area contributed by atoms with Gasteiger partial charge in [-0.2, -0.15) is 0 Å². The number of carboxylic acid groups (broad SMARTS) is 1. The number of benzene rings is 4. The van der Waals surface area contributed by atoms with Crippen LogP contribution in [0.5, 0.6) is 11.5 Å². The standard InChI is InChI=1S/C33H30N2O5/c1-22(2)27-18-28(32(36)34-26-13-14-29-25(17-26)15-16-35(29)33(37)38)31(40-21-24-11-7-4-8-12-24)19-30(27)39-20-23-9-5-3-6-10-23/h3-19,22H,20-21H2,1-2H3,(H,34,36)(H,37,38). The Balaban J connectivity index is 1.47. The summed E-state index contributed by atoms with van der Waals surface area (Å²) in [5.74, 6) is 0.825. The lowest BCUT2D eigenvalue weighted by atomic mass is 9.98. The van der Waals surface area contributed by atoms with Gasteiger partial charge in [-0.15, -0.1) is 0 Å². The van der Waals surface area contributed by atoms with E-state index in [0.717, 1.165) is 21.3 Å². The van der Waals surface area contributed by atoms with Crippen molar-refractivity contribution >= 4 is 28.6 Å². The molecule has 0 atom stereocenters. The topological polar surface area (TPSA) is 89.8 Å². The Labute approximate surface area is 232 Å². The van der Waals surface area contributed by atoms with Gasteiger partial charge >= 0.3 is 6.09 Å². The third-order valence-corrected chi connectivity index (χ3v) is 6.61. The zero-order chi connectivity index (χ0) is 28.1. The molecule has 0 saturated heterocycles. The molecule has 0 unspecified atom stereocenters. The Hall–Kier alpha value is -5.04. The van der Waals surface area contributed by atoms with Gasteiger partial charge in [-0.05, 0) is 52.9 Å². The lowest BCUT2D eigenvalue weighted by Crippen LogP contribution is -2.15. The second kappa shape index (κ2) is 11.8. The third-order valence-electron chi connectivity index (χ3n) is 6.61. The van der Waals surface area contributed by atoms with Crippen LogP contribution >= 0.6 is 0 Å². The van der Waals surface area contributed by atoms with Crippen LogP contribution in [-0.2, 0) is 13.2 Å². The second-order valence-corrected chi connectivity index (χ2v) is 9.79. The van der Waals surface area contributed by atoms with Crippen molar-refractivity contribution < 1.29 is 24.2 Å². The molecule has 1 aromatic heterocycles. The molecule has 0 saturated carbocycles. The molecule has 1 amide bonds. The van der Waals surface area contributed by atoms with Crippen LogP contribution in [0.1, 0.15) is 46.8 Å². The number of amides is 1. The van der Waals surface area contributed by atoms with E-state index in [1.54, 1.807) is 30.3 Å². The van der Waals surface area contributed by atoms with Crippen molar-refractivity contribution in [1.82, 2.24) is 4.57 Å². The molecule has 0 bridgehead atoms. The van der Waals surface area contributed by atoms with E-state index in [1.165, 1.54) is 6.20 Å². The van der Waals surface area contributed by atoms with E-state index >= 15 is 0 Å². The first-order valence-electron chi connectivity index (χ1n) is 13.1. The Morgan fingerprint density at radius 2 is 1.43 bits per heavy atom. The van der Waals surface area contributed by atoms with E-state index < -0.39 is 6.09 Å². The molecule has 0 radical (unpaired) electrons. The highest BCUT2D eigenvalue weighted by molar-refractivity contribution is 6.07. The first kappa shape index (κ1) is 26.6. The number of ether oxygens (including phenoxy) is 2. The average molecular weight is 535 g/mol. The van der Waals surface area contributed by atoms with Crippen molar-refractivity contribution in [3.8, 4) is 11.5 Å². The number of hydrogen-bond acceptors (Lipinski definition) is 4. The zero-order valence-electron chi connectivity index (χ0n) is 22.3. The normalized spacial score (nSPS) is 11.0. The fraction of sp³-hybridized carbons (Fsp3) is 0.152. The van der Waals surface area contributed by atoms with Gasteiger partial charge < -0.3 is 19.9 Å². The van der Waals surface area contributed by atoms with E-state index in [0.29, 0.717) is 40.3 Å². The van der Waals surface area contributed by atoms with Crippen molar-refractivity contribution in [2.75, 3.05) is 5.32 Å². The van der Waals surface area contributed by atoms with Crippen LogP contribution < -0.4 is 14.8 Å². The van der Waals surface area contributed by atoms with Gasteiger partial charge in [-0.1, -0.05) is 74.5 Å². The van der Waals surface area contributed by atoms with Gasteiger partial charge in [0.25, 0.3) is 5.91 Å². The maximum absolute atomic E-state index is 13.6. The number of aromatic nitrogens is 1. The number of carbonyl (C=O) groups excluding carboxylic acids is 1. The summed E-state index contributed by atoms with van der Waals surface area (Å²) < 4.78 is 13.6. The van der Waals surface area contributed by atoms with Crippen LogP contribution in [0.15, 0.2) is 103 Å². The fourth-order valence-electron chi connectivity index (χ4n) is 4.51. The summed E-state index contributed by atoms with van der Waals surface area (Å²) in [5.41, 5.74) is 4.38. The minimum Gasteiger partial charge on any atom is -0.488 e. The summed E-state index contributed by atoms with van der Waals surface area (Å²) in [6.45, 7) is 4.78. The summed E-state index contributed by atoms with van der Waals surface area (Å²) in [7, 11) is 0. The number of rotatable bonds is 9. The maximum Gasteiger partial charge on any atom is 0.415 e. The summed E-state index contributed by atoms with van der Waals surface area (Å²) >= 11 is 0. The molecule has 1 heterocycles. The number of nitrogens with one attached hydrogen (secondary N) is 1. The molecule has 0 aliphatic heterocycles. The molecular formula is C33H30N2O5. The van der Waals surface area contributed by atoms with Crippen LogP contribution in [0.3, 0.4) is 0 Å². The molecule has 5 rings (SSSR count). The highest BCUT2D eigenvalue weighted by Crippen LogP contribution is 2.35. The smallest absolute Gasteiger partial charge is 0.415 e. The monoisotopic (exact) mass is 534 g/mol. The molecule has 2 N–H and O–H groups in total. The van der Waals surface area contributed by atoms with Gasteiger partial charge in [0.05, 0.1) is 11.1 Å². The summed E-state index contributed by atoms with van der Waals surface area (Å²) in [4.78, 5) is 25.1. The second-order valence-electron chi connectivity index (χ2n) is 9.79. The van der Waals surface area contributed by atoms with Gasteiger partial charge in [0.1, 0.15) is 24.7 Å². The quantitative estimate of drug-likeness (QED) is 0.202. The lowest BCUT2D eigenvalue weighted by Gasteiger charge is -2.19. The number of fused-ring (bicyclic) bond motifs is 1. The molecule has 0 fully saturated rings. The molecule has 0 spiro atoms. The average Bonchev–Trinajstić information content (AvgIpc) is 3.39. The lowest BCUT2D eigenvalue weighted by molar-refractivity contribution is 0.102. The van der Waals surface area contributed by atoms with Crippen molar-refractivity contribution in [3.05, 3.63) is 126 Å².